The second kappa shape index (κ2) is 3.27. The lowest BCUT2D eigenvalue weighted by molar-refractivity contribution is 0.604. The second-order valence-electron chi connectivity index (χ2n) is 4.71. The molecule has 0 amide bonds. The lowest BCUT2D eigenvalue weighted by Crippen LogP contribution is -2.14. The molecule has 1 aromatic heterocycles. The molecule has 4 nitrogen and oxygen atoms in total. The molecule has 0 aliphatic heterocycles. The van der Waals surface area contributed by atoms with Crippen molar-refractivity contribution in [3.05, 3.63) is 11.3 Å². The van der Waals surface area contributed by atoms with E-state index in [9.17, 15) is 0 Å². The van der Waals surface area contributed by atoms with Gasteiger partial charge in [0, 0.05) is 13.6 Å². The van der Waals surface area contributed by atoms with Crippen molar-refractivity contribution in [2.45, 2.75) is 26.7 Å². The number of aromatic nitrogens is 2. The van der Waals surface area contributed by atoms with E-state index in [0.717, 1.165) is 18.1 Å². The summed E-state index contributed by atoms with van der Waals surface area (Å²) in [5.74, 6) is 0.850. The quantitative estimate of drug-likeness (QED) is 0.817. The minimum absolute atomic E-state index is 0.435. The van der Waals surface area contributed by atoms with Crippen LogP contribution in [0.2, 0.25) is 0 Å². The smallest absolute Gasteiger partial charge is 0.142 e. The number of nitrogens with one attached hydrogen (secondary N) is 1. The first kappa shape index (κ1) is 10.0. The minimum atomic E-state index is 0.435. The van der Waals surface area contributed by atoms with Gasteiger partial charge in [0.1, 0.15) is 17.5 Å². The third kappa shape index (κ3) is 1.82. The van der Waals surface area contributed by atoms with Crippen LogP contribution < -0.4 is 5.32 Å². The summed E-state index contributed by atoms with van der Waals surface area (Å²) < 4.78 is 1.75. The van der Waals surface area contributed by atoms with Crippen LogP contribution in [0, 0.1) is 23.7 Å². The van der Waals surface area contributed by atoms with E-state index in [1.54, 1.807) is 4.68 Å². The van der Waals surface area contributed by atoms with Crippen molar-refractivity contribution >= 4 is 5.82 Å². The van der Waals surface area contributed by atoms with Crippen molar-refractivity contribution in [2.24, 2.45) is 12.5 Å². The highest BCUT2D eigenvalue weighted by molar-refractivity contribution is 5.55. The highest BCUT2D eigenvalue weighted by Gasteiger charge is 2.37. The molecule has 1 aliphatic rings. The molecule has 0 spiro atoms. The summed E-state index contributed by atoms with van der Waals surface area (Å²) in [5, 5.41) is 16.6. The first-order chi connectivity index (χ1) is 7.06. The monoisotopic (exact) mass is 204 g/mol. The SMILES string of the molecule is Cc1nn(C)c(NCC2(C)CC2)c1C#N. The van der Waals surface area contributed by atoms with Gasteiger partial charge in [-0.2, -0.15) is 10.4 Å². The molecule has 4 heteroatoms. The number of aryl methyl sites for hydroxylation is 2. The van der Waals surface area contributed by atoms with Crippen LogP contribution in [0.3, 0.4) is 0 Å². The number of anilines is 1. The van der Waals surface area contributed by atoms with Crippen molar-refractivity contribution in [3.8, 4) is 6.07 Å². The van der Waals surface area contributed by atoms with Crippen LogP contribution in [0.5, 0.6) is 0 Å². The molecule has 0 aromatic carbocycles. The summed E-state index contributed by atoms with van der Waals surface area (Å²) in [7, 11) is 1.87. The molecular weight excluding hydrogens is 188 g/mol. The van der Waals surface area contributed by atoms with Gasteiger partial charge in [-0.05, 0) is 25.2 Å². The van der Waals surface area contributed by atoms with Gasteiger partial charge in [-0.25, -0.2) is 0 Å². The maximum Gasteiger partial charge on any atom is 0.142 e. The fourth-order valence-corrected chi connectivity index (χ4v) is 1.68. The van der Waals surface area contributed by atoms with E-state index in [-0.39, 0.29) is 0 Å². The van der Waals surface area contributed by atoms with Gasteiger partial charge in [0.25, 0.3) is 0 Å². The van der Waals surface area contributed by atoms with Crippen LogP contribution in [-0.2, 0) is 7.05 Å². The fourth-order valence-electron chi connectivity index (χ4n) is 1.68. The van der Waals surface area contributed by atoms with Gasteiger partial charge in [0.15, 0.2) is 0 Å². The van der Waals surface area contributed by atoms with Crippen molar-refractivity contribution < 1.29 is 0 Å². The molecule has 1 heterocycles. The molecule has 0 bridgehead atoms. The fraction of sp³-hybridized carbons (Fsp3) is 0.636. The van der Waals surface area contributed by atoms with Crippen molar-refractivity contribution in [1.82, 2.24) is 9.78 Å². The molecule has 1 aromatic rings. The maximum absolute atomic E-state index is 9.01. The van der Waals surface area contributed by atoms with Crippen LogP contribution in [0.1, 0.15) is 31.0 Å². The van der Waals surface area contributed by atoms with Crippen molar-refractivity contribution in [2.75, 3.05) is 11.9 Å². The molecular formula is C11H16N4. The zero-order valence-corrected chi connectivity index (χ0v) is 9.46. The summed E-state index contributed by atoms with van der Waals surface area (Å²) in [6.07, 6.45) is 2.55. The molecule has 1 aliphatic carbocycles. The Morgan fingerprint density at radius 1 is 1.60 bits per heavy atom. The number of rotatable bonds is 3. The van der Waals surface area contributed by atoms with Gasteiger partial charge < -0.3 is 5.32 Å². The van der Waals surface area contributed by atoms with Crippen LogP contribution in [0.15, 0.2) is 0 Å². The summed E-state index contributed by atoms with van der Waals surface area (Å²) in [4.78, 5) is 0. The third-order valence-corrected chi connectivity index (χ3v) is 3.12. The predicted molar refractivity (Wildman–Crippen MR) is 58.5 cm³/mol. The molecule has 0 radical (unpaired) electrons. The Hall–Kier alpha value is -1.50. The molecule has 15 heavy (non-hydrogen) atoms. The molecule has 0 unspecified atom stereocenters. The Labute approximate surface area is 89.9 Å². The zero-order chi connectivity index (χ0) is 11.1. The second-order valence-corrected chi connectivity index (χ2v) is 4.71. The lowest BCUT2D eigenvalue weighted by Gasteiger charge is -2.11. The van der Waals surface area contributed by atoms with Gasteiger partial charge in [-0.1, -0.05) is 6.92 Å². The van der Waals surface area contributed by atoms with Gasteiger partial charge in [0.05, 0.1) is 5.69 Å². The summed E-state index contributed by atoms with van der Waals surface area (Å²) in [6, 6.07) is 2.20. The van der Waals surface area contributed by atoms with Crippen molar-refractivity contribution in [1.29, 1.82) is 5.26 Å². The van der Waals surface area contributed by atoms with E-state index in [2.05, 4.69) is 23.4 Å². The summed E-state index contributed by atoms with van der Waals surface area (Å²) >= 11 is 0. The third-order valence-electron chi connectivity index (χ3n) is 3.12. The average Bonchev–Trinajstić information content (AvgIpc) is 2.83. The first-order valence-corrected chi connectivity index (χ1v) is 5.23. The molecule has 0 saturated heterocycles. The van der Waals surface area contributed by atoms with Crippen molar-refractivity contribution in [3.63, 3.8) is 0 Å². The standard InChI is InChI=1S/C11H16N4/c1-8-9(6-12)10(15(3)14-8)13-7-11(2)4-5-11/h13H,4-5,7H2,1-3H3. The van der Waals surface area contributed by atoms with Crippen LogP contribution >= 0.6 is 0 Å². The summed E-state index contributed by atoms with van der Waals surface area (Å²) in [6.45, 7) is 5.05. The number of nitrogens with zero attached hydrogens (tertiary/aromatic N) is 3. The molecule has 1 saturated carbocycles. The number of hydrogen-bond donors (Lipinski definition) is 1. The van der Waals surface area contributed by atoms with Gasteiger partial charge >= 0.3 is 0 Å². The highest BCUT2D eigenvalue weighted by atomic mass is 15.3. The van der Waals surface area contributed by atoms with Crippen LogP contribution in [0.25, 0.3) is 0 Å². The topological polar surface area (TPSA) is 53.6 Å². The Bertz CT molecular complexity index is 421. The molecule has 0 atom stereocenters. The minimum Gasteiger partial charge on any atom is -0.369 e. The largest absolute Gasteiger partial charge is 0.369 e. The van der Waals surface area contributed by atoms with Gasteiger partial charge in [-0.3, -0.25) is 4.68 Å². The number of hydrogen-bond acceptors (Lipinski definition) is 3. The number of nitriles is 1. The lowest BCUT2D eigenvalue weighted by atomic mass is 10.1. The molecule has 1 fully saturated rings. The summed E-state index contributed by atoms with van der Waals surface area (Å²) in [5.41, 5.74) is 1.90. The predicted octanol–water partition coefficient (Wildman–Crippen LogP) is 1.81. The first-order valence-electron chi connectivity index (χ1n) is 5.23. The molecule has 80 valence electrons. The highest BCUT2D eigenvalue weighted by Crippen LogP contribution is 2.44. The molecule has 1 N–H and O–H groups in total. The Kier molecular flexibility index (Phi) is 2.18. The maximum atomic E-state index is 9.01. The van der Waals surface area contributed by atoms with Crippen LogP contribution in [-0.4, -0.2) is 16.3 Å². The van der Waals surface area contributed by atoms with E-state index in [4.69, 9.17) is 5.26 Å². The van der Waals surface area contributed by atoms with E-state index in [0.29, 0.717) is 11.0 Å². The molecule has 2 rings (SSSR count). The average molecular weight is 204 g/mol. The normalized spacial score (nSPS) is 17.2. The van der Waals surface area contributed by atoms with Gasteiger partial charge in [0.2, 0.25) is 0 Å². The van der Waals surface area contributed by atoms with Gasteiger partial charge in [-0.15, -0.1) is 0 Å². The van der Waals surface area contributed by atoms with E-state index >= 15 is 0 Å². The van der Waals surface area contributed by atoms with E-state index in [1.165, 1.54) is 12.8 Å². The Morgan fingerprint density at radius 3 is 2.80 bits per heavy atom. The zero-order valence-electron chi connectivity index (χ0n) is 9.46. The Morgan fingerprint density at radius 2 is 2.27 bits per heavy atom. The van der Waals surface area contributed by atoms with Crippen LogP contribution in [0.4, 0.5) is 5.82 Å². The van der Waals surface area contributed by atoms with E-state index in [1.807, 2.05) is 14.0 Å². The van der Waals surface area contributed by atoms with E-state index < -0.39 is 0 Å². The Balaban J connectivity index is 2.16.